The van der Waals surface area contributed by atoms with Crippen molar-refractivity contribution in [3.8, 4) is 0 Å². The van der Waals surface area contributed by atoms with E-state index in [0.717, 1.165) is 52.2 Å². The Labute approximate surface area is 237 Å². The Kier molecular flexibility index (Phi) is 9.50. The molecule has 1 saturated heterocycles. The van der Waals surface area contributed by atoms with Gasteiger partial charge in [-0.05, 0) is 59.9 Å². The zero-order valence-corrected chi connectivity index (χ0v) is 23.5. The fraction of sp³-hybridized carbons (Fsp3) is 0.433. The quantitative estimate of drug-likeness (QED) is 0.201. The maximum absolute atomic E-state index is 15.1. The minimum Gasteiger partial charge on any atom is -0.464 e. The Bertz CT molecular complexity index is 1270. The number of morpholine rings is 1. The van der Waals surface area contributed by atoms with E-state index in [9.17, 15) is 4.79 Å². The number of thioether (sulfide) groups is 1. The molecular formula is C30H32Cl2FNO3S. The number of hydrogen-bond donors (Lipinski definition) is 0. The first kappa shape index (κ1) is 27.7. The molecule has 2 unspecified atom stereocenters. The molecule has 0 aromatic heterocycles. The van der Waals surface area contributed by atoms with Gasteiger partial charge < -0.3 is 9.47 Å². The molecule has 202 valence electrons. The second kappa shape index (κ2) is 13.0. The highest BCUT2D eigenvalue weighted by atomic mass is 35.5. The van der Waals surface area contributed by atoms with E-state index in [0.29, 0.717) is 38.3 Å². The standard InChI is InChI=1S/C30H32Cl2FNO3S/c31-25-10-11-28(24-4-2-1-3-23(24)25)38-30-22(8-9-26(30)32)21-6-5-20(27(33)19-21)7-12-29(35)37-18-15-34-13-16-36-17-14-34/h1-6,10-11,19,22,26,30H,7-9,12-18H2/t22-,26?,30?/m1/s1. The molecule has 1 heterocycles. The van der Waals surface area contributed by atoms with Crippen LogP contribution in [0.4, 0.5) is 4.39 Å². The predicted molar refractivity (Wildman–Crippen MR) is 153 cm³/mol. The van der Waals surface area contributed by atoms with E-state index in [1.54, 1.807) is 17.8 Å². The number of benzene rings is 3. The Morgan fingerprint density at radius 2 is 1.87 bits per heavy atom. The lowest BCUT2D eigenvalue weighted by atomic mass is 9.95. The molecule has 8 heteroatoms. The molecule has 3 aromatic rings. The van der Waals surface area contributed by atoms with Crippen molar-refractivity contribution in [2.75, 3.05) is 39.5 Å². The van der Waals surface area contributed by atoms with Crippen LogP contribution in [0.2, 0.25) is 5.02 Å². The van der Waals surface area contributed by atoms with Crippen LogP contribution in [0, 0.1) is 5.82 Å². The van der Waals surface area contributed by atoms with E-state index in [-0.39, 0.29) is 34.8 Å². The third-order valence-corrected chi connectivity index (χ3v) is 9.99. The molecule has 3 aromatic carbocycles. The molecule has 0 amide bonds. The molecule has 1 saturated carbocycles. The molecule has 4 nitrogen and oxygen atoms in total. The highest BCUT2D eigenvalue weighted by molar-refractivity contribution is 8.00. The van der Waals surface area contributed by atoms with Gasteiger partial charge in [-0.3, -0.25) is 9.69 Å². The third kappa shape index (κ3) is 6.65. The largest absolute Gasteiger partial charge is 0.464 e. The number of carbonyl (C=O) groups is 1. The fourth-order valence-electron chi connectivity index (χ4n) is 5.33. The zero-order valence-electron chi connectivity index (χ0n) is 21.2. The summed E-state index contributed by atoms with van der Waals surface area (Å²) >= 11 is 15.0. The van der Waals surface area contributed by atoms with Crippen molar-refractivity contribution in [2.45, 2.75) is 47.1 Å². The minimum absolute atomic E-state index is 0.00518. The summed E-state index contributed by atoms with van der Waals surface area (Å²) in [6, 6.07) is 17.5. The van der Waals surface area contributed by atoms with Gasteiger partial charge in [0.05, 0.1) is 13.2 Å². The van der Waals surface area contributed by atoms with Crippen molar-refractivity contribution in [3.05, 3.63) is 76.6 Å². The number of aryl methyl sites for hydroxylation is 1. The average molecular weight is 577 g/mol. The number of ether oxygens (including phenoxy) is 2. The monoisotopic (exact) mass is 575 g/mol. The molecular weight excluding hydrogens is 544 g/mol. The molecule has 38 heavy (non-hydrogen) atoms. The van der Waals surface area contributed by atoms with Crippen molar-refractivity contribution < 1.29 is 18.7 Å². The minimum atomic E-state index is -0.297. The second-order valence-electron chi connectivity index (χ2n) is 9.90. The second-order valence-corrected chi connectivity index (χ2v) is 12.1. The van der Waals surface area contributed by atoms with Crippen LogP contribution in [-0.4, -0.2) is 61.0 Å². The number of carbonyl (C=O) groups excluding carboxylic acids is 1. The molecule has 1 aliphatic heterocycles. The van der Waals surface area contributed by atoms with Gasteiger partial charge in [0.15, 0.2) is 0 Å². The Morgan fingerprint density at radius 1 is 1.08 bits per heavy atom. The fourth-order valence-corrected chi connectivity index (χ4v) is 7.50. The van der Waals surface area contributed by atoms with Gasteiger partial charge >= 0.3 is 5.97 Å². The summed E-state index contributed by atoms with van der Waals surface area (Å²) in [6.45, 7) is 4.20. The van der Waals surface area contributed by atoms with Crippen LogP contribution >= 0.6 is 35.0 Å². The van der Waals surface area contributed by atoms with E-state index >= 15 is 4.39 Å². The molecule has 0 N–H and O–H groups in total. The van der Waals surface area contributed by atoms with E-state index < -0.39 is 0 Å². The molecule has 0 spiro atoms. The summed E-state index contributed by atoms with van der Waals surface area (Å²) in [6.07, 6.45) is 2.27. The Morgan fingerprint density at radius 3 is 2.66 bits per heavy atom. The van der Waals surface area contributed by atoms with Gasteiger partial charge in [-0.15, -0.1) is 23.4 Å². The number of halogens is 3. The van der Waals surface area contributed by atoms with Crippen LogP contribution < -0.4 is 0 Å². The highest BCUT2D eigenvalue weighted by Gasteiger charge is 2.37. The normalized spacial score (nSPS) is 22.1. The van der Waals surface area contributed by atoms with Crippen LogP contribution in [0.25, 0.3) is 10.8 Å². The number of nitrogens with zero attached hydrogens (tertiary/aromatic N) is 1. The van der Waals surface area contributed by atoms with Crippen molar-refractivity contribution in [1.82, 2.24) is 4.90 Å². The van der Waals surface area contributed by atoms with Crippen LogP contribution in [0.15, 0.2) is 59.5 Å². The Balaban J connectivity index is 1.20. The number of fused-ring (bicyclic) bond motifs is 1. The summed E-state index contributed by atoms with van der Waals surface area (Å²) in [5.41, 5.74) is 1.49. The molecule has 2 fully saturated rings. The van der Waals surface area contributed by atoms with Crippen LogP contribution in [0.5, 0.6) is 0 Å². The topological polar surface area (TPSA) is 38.8 Å². The zero-order chi connectivity index (χ0) is 26.5. The van der Waals surface area contributed by atoms with E-state index in [4.69, 9.17) is 32.7 Å². The predicted octanol–water partition coefficient (Wildman–Crippen LogP) is 7.09. The smallest absolute Gasteiger partial charge is 0.306 e. The molecule has 2 aliphatic rings. The third-order valence-electron chi connectivity index (χ3n) is 7.48. The first-order chi connectivity index (χ1) is 18.5. The van der Waals surface area contributed by atoms with Gasteiger partial charge in [0.1, 0.15) is 12.4 Å². The molecule has 0 radical (unpaired) electrons. The lowest BCUT2D eigenvalue weighted by molar-refractivity contribution is -0.144. The summed E-state index contributed by atoms with van der Waals surface area (Å²) in [7, 11) is 0. The van der Waals surface area contributed by atoms with Crippen LogP contribution in [-0.2, 0) is 20.7 Å². The molecule has 1 aliphatic carbocycles. The van der Waals surface area contributed by atoms with Gasteiger partial charge in [0.25, 0.3) is 0 Å². The molecule has 3 atom stereocenters. The summed E-state index contributed by atoms with van der Waals surface area (Å²) < 4.78 is 25.8. The summed E-state index contributed by atoms with van der Waals surface area (Å²) in [5.74, 6) is -0.429. The van der Waals surface area contributed by atoms with Crippen LogP contribution in [0.3, 0.4) is 0 Å². The van der Waals surface area contributed by atoms with Gasteiger partial charge in [-0.25, -0.2) is 4.39 Å². The summed E-state index contributed by atoms with van der Waals surface area (Å²) in [4.78, 5) is 15.5. The van der Waals surface area contributed by atoms with Crippen LogP contribution in [0.1, 0.15) is 36.3 Å². The van der Waals surface area contributed by atoms with E-state index in [1.807, 2.05) is 36.4 Å². The van der Waals surface area contributed by atoms with Gasteiger partial charge in [0.2, 0.25) is 0 Å². The number of esters is 1. The maximum atomic E-state index is 15.1. The van der Waals surface area contributed by atoms with Crippen molar-refractivity contribution in [3.63, 3.8) is 0 Å². The lowest BCUT2D eigenvalue weighted by Gasteiger charge is -2.26. The van der Waals surface area contributed by atoms with Crippen molar-refractivity contribution in [1.29, 1.82) is 0 Å². The highest BCUT2D eigenvalue weighted by Crippen LogP contribution is 2.48. The first-order valence-corrected chi connectivity index (χ1v) is 14.9. The first-order valence-electron chi connectivity index (χ1n) is 13.2. The lowest BCUT2D eigenvalue weighted by Crippen LogP contribution is -2.38. The van der Waals surface area contributed by atoms with Gasteiger partial charge in [-0.2, -0.15) is 0 Å². The average Bonchev–Trinajstić information content (AvgIpc) is 3.30. The van der Waals surface area contributed by atoms with E-state index in [2.05, 4.69) is 17.0 Å². The SMILES string of the molecule is O=C(CCc1ccc([C@H]2CCC(Cl)C2Sc2ccc(Cl)c3ccccc23)cc1F)OCCN1CCOCC1. The number of rotatable bonds is 9. The molecule has 5 rings (SSSR count). The number of hydrogen-bond acceptors (Lipinski definition) is 5. The van der Waals surface area contributed by atoms with Gasteiger partial charge in [-0.1, -0.05) is 48.0 Å². The number of alkyl halides is 1. The molecule has 0 bridgehead atoms. The summed E-state index contributed by atoms with van der Waals surface area (Å²) in [5, 5.41) is 2.98. The van der Waals surface area contributed by atoms with Gasteiger partial charge in [0, 0.05) is 52.0 Å². The van der Waals surface area contributed by atoms with E-state index in [1.165, 1.54) is 0 Å². The maximum Gasteiger partial charge on any atom is 0.306 e. The van der Waals surface area contributed by atoms with Crippen molar-refractivity contribution >= 4 is 51.7 Å². The van der Waals surface area contributed by atoms with Crippen molar-refractivity contribution in [2.24, 2.45) is 0 Å². The Hall–Kier alpha value is -1.83.